The van der Waals surface area contributed by atoms with Gasteiger partial charge >= 0.3 is 0 Å². The Morgan fingerprint density at radius 2 is 1.96 bits per heavy atom. The summed E-state index contributed by atoms with van der Waals surface area (Å²) in [6.07, 6.45) is 7.03. The number of aryl methyl sites for hydroxylation is 2. The molecule has 1 heterocycles. The van der Waals surface area contributed by atoms with Crippen molar-refractivity contribution in [2.75, 3.05) is 18.6 Å². The van der Waals surface area contributed by atoms with Crippen LogP contribution in [0.3, 0.4) is 0 Å². The predicted molar refractivity (Wildman–Crippen MR) is 119 cm³/mol. The van der Waals surface area contributed by atoms with Crippen molar-refractivity contribution >= 4 is 46.0 Å². The lowest BCUT2D eigenvalue weighted by Crippen LogP contribution is -2.27. The highest BCUT2D eigenvalue weighted by atomic mass is 32.2. The SMILES string of the molecule is C#CCOc1ccc(/C=C2\SC(=S)N(c3ccc(C)c(C)c3)C2=O)cc1OC. The molecular formula is C22H19NO3S2. The number of thioether (sulfide) groups is 1. The number of terminal acetylenes is 1. The highest BCUT2D eigenvalue weighted by Gasteiger charge is 2.33. The molecule has 0 aliphatic carbocycles. The minimum atomic E-state index is -0.134. The van der Waals surface area contributed by atoms with Crippen LogP contribution in [0.4, 0.5) is 5.69 Å². The Balaban J connectivity index is 1.89. The summed E-state index contributed by atoms with van der Waals surface area (Å²) in [6.45, 7) is 4.21. The highest BCUT2D eigenvalue weighted by Crippen LogP contribution is 2.37. The monoisotopic (exact) mass is 409 g/mol. The molecule has 1 fully saturated rings. The molecule has 4 nitrogen and oxygen atoms in total. The van der Waals surface area contributed by atoms with E-state index in [1.807, 2.05) is 38.1 Å². The third-order valence-corrected chi connectivity index (χ3v) is 5.64. The van der Waals surface area contributed by atoms with Gasteiger partial charge in [-0.05, 0) is 60.9 Å². The van der Waals surface area contributed by atoms with Crippen LogP contribution in [0.25, 0.3) is 6.08 Å². The number of benzene rings is 2. The Morgan fingerprint density at radius 3 is 2.64 bits per heavy atom. The van der Waals surface area contributed by atoms with Gasteiger partial charge in [0.05, 0.1) is 17.7 Å². The molecule has 1 amide bonds. The first kappa shape index (κ1) is 20.0. The molecule has 1 saturated heterocycles. The lowest BCUT2D eigenvalue weighted by molar-refractivity contribution is -0.113. The second-order valence-corrected chi connectivity index (χ2v) is 7.86. The number of anilines is 1. The van der Waals surface area contributed by atoms with Crippen LogP contribution in [-0.4, -0.2) is 23.9 Å². The van der Waals surface area contributed by atoms with Gasteiger partial charge < -0.3 is 9.47 Å². The molecule has 28 heavy (non-hydrogen) atoms. The zero-order valence-electron chi connectivity index (χ0n) is 15.8. The van der Waals surface area contributed by atoms with Crippen LogP contribution in [-0.2, 0) is 4.79 Å². The van der Waals surface area contributed by atoms with Crippen molar-refractivity contribution in [3.05, 3.63) is 58.0 Å². The lowest BCUT2D eigenvalue weighted by atomic mass is 10.1. The summed E-state index contributed by atoms with van der Waals surface area (Å²) >= 11 is 6.73. The maximum atomic E-state index is 13.0. The molecule has 2 aromatic carbocycles. The first-order valence-corrected chi connectivity index (χ1v) is 9.76. The Labute approximate surface area is 174 Å². The molecule has 1 aliphatic heterocycles. The van der Waals surface area contributed by atoms with Crippen molar-refractivity contribution in [2.24, 2.45) is 0 Å². The number of amides is 1. The van der Waals surface area contributed by atoms with Gasteiger partial charge in [0.15, 0.2) is 15.8 Å². The number of carbonyl (C=O) groups is 1. The molecule has 142 valence electrons. The van der Waals surface area contributed by atoms with Crippen molar-refractivity contribution < 1.29 is 14.3 Å². The summed E-state index contributed by atoms with van der Waals surface area (Å²) in [5, 5.41) is 0. The van der Waals surface area contributed by atoms with Crippen molar-refractivity contribution in [1.29, 1.82) is 0 Å². The lowest BCUT2D eigenvalue weighted by Gasteiger charge is -2.16. The summed E-state index contributed by atoms with van der Waals surface area (Å²) in [6, 6.07) is 11.3. The van der Waals surface area contributed by atoms with Crippen LogP contribution in [0.1, 0.15) is 16.7 Å². The van der Waals surface area contributed by atoms with E-state index in [1.165, 1.54) is 17.3 Å². The van der Waals surface area contributed by atoms with Crippen molar-refractivity contribution in [1.82, 2.24) is 0 Å². The molecule has 0 radical (unpaired) electrons. The first-order valence-electron chi connectivity index (χ1n) is 8.54. The molecule has 6 heteroatoms. The van der Waals surface area contributed by atoms with Gasteiger partial charge in [-0.1, -0.05) is 42.0 Å². The van der Waals surface area contributed by atoms with Crippen molar-refractivity contribution in [2.45, 2.75) is 13.8 Å². The quantitative estimate of drug-likeness (QED) is 0.406. The zero-order valence-corrected chi connectivity index (χ0v) is 17.4. The zero-order chi connectivity index (χ0) is 20.3. The molecular weight excluding hydrogens is 390 g/mol. The second kappa shape index (κ2) is 8.51. The summed E-state index contributed by atoms with van der Waals surface area (Å²) in [5.41, 5.74) is 3.88. The second-order valence-electron chi connectivity index (χ2n) is 6.19. The van der Waals surface area contributed by atoms with E-state index in [0.29, 0.717) is 20.7 Å². The average molecular weight is 410 g/mol. The Kier molecular flexibility index (Phi) is 6.08. The van der Waals surface area contributed by atoms with Gasteiger partial charge in [0.2, 0.25) is 0 Å². The molecule has 0 saturated carbocycles. The van der Waals surface area contributed by atoms with Crippen LogP contribution in [0.5, 0.6) is 11.5 Å². The minimum absolute atomic E-state index is 0.134. The molecule has 2 aromatic rings. The van der Waals surface area contributed by atoms with Gasteiger partial charge in [-0.2, -0.15) is 0 Å². The van der Waals surface area contributed by atoms with Gasteiger partial charge in [-0.15, -0.1) is 6.42 Å². The minimum Gasteiger partial charge on any atom is -0.493 e. The van der Waals surface area contributed by atoms with Crippen LogP contribution in [0.15, 0.2) is 41.3 Å². The normalized spacial score (nSPS) is 15.1. The van der Waals surface area contributed by atoms with Gasteiger partial charge in [0.1, 0.15) is 6.61 Å². The smallest absolute Gasteiger partial charge is 0.270 e. The molecule has 0 N–H and O–H groups in total. The average Bonchev–Trinajstić information content (AvgIpc) is 2.96. The van der Waals surface area contributed by atoms with Crippen LogP contribution in [0, 0.1) is 26.2 Å². The highest BCUT2D eigenvalue weighted by molar-refractivity contribution is 8.27. The summed E-state index contributed by atoms with van der Waals surface area (Å²) in [4.78, 5) is 15.1. The number of rotatable bonds is 5. The van der Waals surface area contributed by atoms with Gasteiger partial charge in [0, 0.05) is 0 Å². The Hall–Kier alpha value is -2.75. The predicted octanol–water partition coefficient (Wildman–Crippen LogP) is 4.73. The van der Waals surface area contributed by atoms with Gasteiger partial charge in [-0.3, -0.25) is 9.69 Å². The summed E-state index contributed by atoms with van der Waals surface area (Å²) < 4.78 is 11.3. The third-order valence-electron chi connectivity index (χ3n) is 4.34. The maximum Gasteiger partial charge on any atom is 0.270 e. The number of ether oxygens (including phenoxy) is 2. The fraction of sp³-hybridized carbons (Fsp3) is 0.182. The standard InChI is InChI=1S/C22H19NO3S2/c1-5-10-26-18-9-7-16(12-19(18)25-4)13-20-21(24)23(22(27)28-20)17-8-6-14(2)15(3)11-17/h1,6-9,11-13H,10H2,2-4H3/b20-13-. The van der Waals surface area contributed by atoms with E-state index in [-0.39, 0.29) is 12.5 Å². The number of methoxy groups -OCH3 is 1. The van der Waals surface area contributed by atoms with E-state index in [9.17, 15) is 4.79 Å². The third kappa shape index (κ3) is 4.06. The van der Waals surface area contributed by atoms with Crippen LogP contribution >= 0.6 is 24.0 Å². The molecule has 3 rings (SSSR count). The Bertz CT molecular complexity index is 1020. The molecule has 0 aromatic heterocycles. The number of carbonyl (C=O) groups excluding carboxylic acids is 1. The Morgan fingerprint density at radius 1 is 1.18 bits per heavy atom. The molecule has 0 spiro atoms. The van der Waals surface area contributed by atoms with E-state index in [4.69, 9.17) is 28.1 Å². The van der Waals surface area contributed by atoms with Crippen LogP contribution in [0.2, 0.25) is 0 Å². The molecule has 0 atom stereocenters. The topological polar surface area (TPSA) is 38.8 Å². The largest absolute Gasteiger partial charge is 0.493 e. The van der Waals surface area contributed by atoms with Gasteiger partial charge in [0.25, 0.3) is 5.91 Å². The maximum absolute atomic E-state index is 13.0. The van der Waals surface area contributed by atoms with Crippen molar-refractivity contribution in [3.8, 4) is 23.8 Å². The van der Waals surface area contributed by atoms with E-state index < -0.39 is 0 Å². The van der Waals surface area contributed by atoms with E-state index in [2.05, 4.69) is 5.92 Å². The number of hydrogen-bond acceptors (Lipinski definition) is 5. The number of hydrogen-bond donors (Lipinski definition) is 0. The van der Waals surface area contributed by atoms with Crippen molar-refractivity contribution in [3.63, 3.8) is 0 Å². The fourth-order valence-corrected chi connectivity index (χ4v) is 4.02. The summed E-state index contributed by atoms with van der Waals surface area (Å²) in [5.74, 6) is 3.39. The molecule has 1 aliphatic rings. The van der Waals surface area contributed by atoms with Gasteiger partial charge in [-0.25, -0.2) is 0 Å². The number of thiocarbonyl (C=S) groups is 1. The number of nitrogens with zero attached hydrogens (tertiary/aromatic N) is 1. The summed E-state index contributed by atoms with van der Waals surface area (Å²) in [7, 11) is 1.56. The van der Waals surface area contributed by atoms with E-state index >= 15 is 0 Å². The van der Waals surface area contributed by atoms with E-state index in [0.717, 1.165) is 16.8 Å². The molecule has 0 bridgehead atoms. The van der Waals surface area contributed by atoms with E-state index in [1.54, 1.807) is 30.2 Å². The molecule has 0 unspecified atom stereocenters. The fourth-order valence-electron chi connectivity index (χ4n) is 2.72. The van der Waals surface area contributed by atoms with Crippen LogP contribution < -0.4 is 14.4 Å². The first-order chi connectivity index (χ1) is 13.4.